The summed E-state index contributed by atoms with van der Waals surface area (Å²) in [7, 11) is 0. The topological polar surface area (TPSA) is 82.5 Å². The van der Waals surface area contributed by atoms with E-state index in [0.717, 1.165) is 30.8 Å². The van der Waals surface area contributed by atoms with Gasteiger partial charge in [-0.25, -0.2) is 0 Å². The van der Waals surface area contributed by atoms with Crippen molar-refractivity contribution in [2.45, 2.75) is 57.4 Å². The smallest absolute Gasteiger partial charge is 0.118 e. The van der Waals surface area contributed by atoms with Crippen molar-refractivity contribution in [1.82, 2.24) is 0 Å². The van der Waals surface area contributed by atoms with Crippen LogP contribution in [-0.2, 0) is 0 Å². The lowest BCUT2D eigenvalue weighted by Gasteiger charge is -2.27. The summed E-state index contributed by atoms with van der Waals surface area (Å²) in [5.74, 6) is 2.21. The van der Waals surface area contributed by atoms with Crippen LogP contribution < -0.4 is 5.73 Å². The summed E-state index contributed by atoms with van der Waals surface area (Å²) in [6.07, 6.45) is 11.3. The molecular formula is C17H27N3O. The first kappa shape index (κ1) is 14.8. The quantitative estimate of drug-likeness (QED) is 0.537. The lowest BCUT2D eigenvalue weighted by atomic mass is 9.83. The molecule has 4 nitrogen and oxygen atoms in total. The maximum Gasteiger partial charge on any atom is 0.118 e. The minimum atomic E-state index is 0.236. The van der Waals surface area contributed by atoms with Gasteiger partial charge in [0, 0.05) is 12.3 Å². The summed E-state index contributed by atoms with van der Waals surface area (Å²) in [5.41, 5.74) is 7.89. The SMILES string of the molecule is N=C(N)C1=CC(=NC2CCCC(CCCO)C2)CC2CC12. The molecule has 0 bridgehead atoms. The molecule has 21 heavy (non-hydrogen) atoms. The molecule has 0 aromatic heterocycles. The van der Waals surface area contributed by atoms with Gasteiger partial charge in [-0.05, 0) is 67.9 Å². The molecule has 4 N–H and O–H groups in total. The van der Waals surface area contributed by atoms with Crippen molar-refractivity contribution in [2.75, 3.05) is 6.61 Å². The van der Waals surface area contributed by atoms with Crippen LogP contribution in [0.5, 0.6) is 0 Å². The van der Waals surface area contributed by atoms with Crippen LogP contribution in [0.2, 0.25) is 0 Å². The fraction of sp³-hybridized carbons (Fsp3) is 0.765. The molecule has 3 aliphatic carbocycles. The van der Waals surface area contributed by atoms with Crippen LogP contribution in [-0.4, -0.2) is 29.3 Å². The number of rotatable bonds is 5. The first-order valence-corrected chi connectivity index (χ1v) is 8.41. The molecule has 4 atom stereocenters. The number of hydrogen-bond donors (Lipinski definition) is 3. The zero-order valence-electron chi connectivity index (χ0n) is 12.7. The molecule has 2 fully saturated rings. The zero-order valence-corrected chi connectivity index (χ0v) is 12.7. The van der Waals surface area contributed by atoms with E-state index in [4.69, 9.17) is 21.2 Å². The number of aliphatic hydroxyl groups excluding tert-OH is 1. The average Bonchev–Trinajstić information content (AvgIpc) is 3.23. The fourth-order valence-electron chi connectivity index (χ4n) is 4.09. The van der Waals surface area contributed by atoms with Gasteiger partial charge in [0.15, 0.2) is 0 Å². The van der Waals surface area contributed by atoms with E-state index in [0.29, 0.717) is 24.5 Å². The molecule has 0 saturated heterocycles. The Balaban J connectivity index is 1.64. The predicted octanol–water partition coefficient (Wildman–Crippen LogP) is 2.66. The average molecular weight is 289 g/mol. The molecular weight excluding hydrogens is 262 g/mol. The second-order valence-electron chi connectivity index (χ2n) is 6.99. The van der Waals surface area contributed by atoms with Gasteiger partial charge in [-0.3, -0.25) is 10.4 Å². The first-order valence-electron chi connectivity index (χ1n) is 8.41. The molecule has 3 aliphatic rings. The van der Waals surface area contributed by atoms with Crippen LogP contribution in [0.4, 0.5) is 0 Å². The highest BCUT2D eigenvalue weighted by molar-refractivity contribution is 6.07. The number of fused-ring (bicyclic) bond motifs is 1. The van der Waals surface area contributed by atoms with Crippen molar-refractivity contribution in [3.63, 3.8) is 0 Å². The monoisotopic (exact) mass is 289 g/mol. The maximum atomic E-state index is 8.97. The van der Waals surface area contributed by atoms with E-state index in [9.17, 15) is 0 Å². The molecule has 0 spiro atoms. The third kappa shape index (κ3) is 3.54. The molecule has 0 aromatic carbocycles. The Morgan fingerprint density at radius 1 is 1.38 bits per heavy atom. The van der Waals surface area contributed by atoms with Crippen molar-refractivity contribution >= 4 is 11.5 Å². The minimum Gasteiger partial charge on any atom is -0.396 e. The molecule has 0 radical (unpaired) electrons. The number of nitrogens with zero attached hydrogens (tertiary/aromatic N) is 1. The number of nitrogens with two attached hydrogens (primary N) is 1. The number of amidine groups is 1. The van der Waals surface area contributed by atoms with Crippen LogP contribution in [0.1, 0.15) is 51.4 Å². The first-order chi connectivity index (χ1) is 10.2. The summed E-state index contributed by atoms with van der Waals surface area (Å²) in [5, 5.41) is 16.7. The maximum absolute atomic E-state index is 8.97. The normalized spacial score (nSPS) is 37.0. The van der Waals surface area contributed by atoms with Gasteiger partial charge in [0.05, 0.1) is 6.04 Å². The number of aliphatic hydroxyl groups is 1. The van der Waals surface area contributed by atoms with E-state index in [-0.39, 0.29) is 5.84 Å². The van der Waals surface area contributed by atoms with E-state index in [1.165, 1.54) is 37.8 Å². The summed E-state index contributed by atoms with van der Waals surface area (Å²) in [6, 6.07) is 0.442. The van der Waals surface area contributed by atoms with E-state index in [1.54, 1.807) is 0 Å². The highest BCUT2D eigenvalue weighted by Crippen LogP contribution is 2.49. The molecule has 4 unspecified atom stereocenters. The van der Waals surface area contributed by atoms with Gasteiger partial charge in [-0.15, -0.1) is 0 Å². The molecule has 0 aliphatic heterocycles. The Bertz CT molecular complexity index is 469. The van der Waals surface area contributed by atoms with Gasteiger partial charge < -0.3 is 10.8 Å². The third-order valence-corrected chi connectivity index (χ3v) is 5.30. The molecule has 0 aromatic rings. The summed E-state index contributed by atoms with van der Waals surface area (Å²) < 4.78 is 0. The number of allylic oxidation sites excluding steroid dienone is 1. The van der Waals surface area contributed by atoms with Crippen LogP contribution in [0.25, 0.3) is 0 Å². The van der Waals surface area contributed by atoms with Crippen molar-refractivity contribution in [3.05, 3.63) is 11.6 Å². The van der Waals surface area contributed by atoms with E-state index in [1.807, 2.05) is 0 Å². The minimum absolute atomic E-state index is 0.236. The van der Waals surface area contributed by atoms with Crippen LogP contribution in [0, 0.1) is 23.2 Å². The van der Waals surface area contributed by atoms with Crippen LogP contribution in [0.3, 0.4) is 0 Å². The second-order valence-corrected chi connectivity index (χ2v) is 6.99. The largest absolute Gasteiger partial charge is 0.396 e. The predicted molar refractivity (Wildman–Crippen MR) is 85.7 cm³/mol. The fourth-order valence-corrected chi connectivity index (χ4v) is 4.09. The lowest BCUT2D eigenvalue weighted by molar-refractivity contribution is 0.245. The molecule has 0 heterocycles. The Morgan fingerprint density at radius 3 is 3.00 bits per heavy atom. The molecule has 116 valence electrons. The highest BCUT2D eigenvalue weighted by atomic mass is 16.2. The Hall–Kier alpha value is -1.16. The van der Waals surface area contributed by atoms with E-state index >= 15 is 0 Å². The van der Waals surface area contributed by atoms with Gasteiger partial charge in [-0.1, -0.05) is 12.8 Å². The number of nitrogens with one attached hydrogen (secondary N) is 1. The number of hydrogen-bond acceptors (Lipinski definition) is 3. The zero-order chi connectivity index (χ0) is 14.8. The Labute approximate surface area is 127 Å². The van der Waals surface area contributed by atoms with Gasteiger partial charge in [0.2, 0.25) is 0 Å². The van der Waals surface area contributed by atoms with Crippen LogP contribution in [0.15, 0.2) is 16.6 Å². The van der Waals surface area contributed by atoms with Crippen molar-refractivity contribution in [3.8, 4) is 0 Å². The van der Waals surface area contributed by atoms with E-state index in [2.05, 4.69) is 6.08 Å². The summed E-state index contributed by atoms with van der Waals surface area (Å²) in [6.45, 7) is 0.309. The van der Waals surface area contributed by atoms with E-state index < -0.39 is 0 Å². The lowest BCUT2D eigenvalue weighted by Crippen LogP contribution is -2.23. The summed E-state index contributed by atoms with van der Waals surface area (Å²) >= 11 is 0. The van der Waals surface area contributed by atoms with Crippen molar-refractivity contribution in [1.29, 1.82) is 5.41 Å². The number of aliphatic imine (C=N–C) groups is 1. The highest BCUT2D eigenvalue weighted by Gasteiger charge is 2.44. The second kappa shape index (κ2) is 6.30. The van der Waals surface area contributed by atoms with Crippen molar-refractivity contribution < 1.29 is 5.11 Å². The van der Waals surface area contributed by atoms with Gasteiger partial charge >= 0.3 is 0 Å². The van der Waals surface area contributed by atoms with Gasteiger partial charge in [-0.2, -0.15) is 0 Å². The Morgan fingerprint density at radius 2 is 2.24 bits per heavy atom. The molecule has 4 heteroatoms. The van der Waals surface area contributed by atoms with Crippen LogP contribution >= 0.6 is 0 Å². The molecule has 3 rings (SSSR count). The molecule has 0 amide bonds. The van der Waals surface area contributed by atoms with Gasteiger partial charge in [0.25, 0.3) is 0 Å². The standard InChI is InChI=1S/C17H27N3O/c18-17(19)16-10-14(8-12-9-15(12)16)20-13-5-1-3-11(7-13)4-2-6-21/h10-13,15,21H,1-9H2,(H3,18,19). The molecule has 2 saturated carbocycles. The Kier molecular flexibility index (Phi) is 4.43. The third-order valence-electron chi connectivity index (χ3n) is 5.30. The van der Waals surface area contributed by atoms with Gasteiger partial charge in [0.1, 0.15) is 5.84 Å². The summed E-state index contributed by atoms with van der Waals surface area (Å²) in [4.78, 5) is 4.99. The van der Waals surface area contributed by atoms with Crippen molar-refractivity contribution in [2.24, 2.45) is 28.5 Å².